The summed E-state index contributed by atoms with van der Waals surface area (Å²) in [6.07, 6.45) is 2.44. The van der Waals surface area contributed by atoms with Crippen LogP contribution in [0.15, 0.2) is 16.7 Å². The predicted octanol–water partition coefficient (Wildman–Crippen LogP) is 1.29. The first-order valence-corrected chi connectivity index (χ1v) is 6.26. The number of ether oxygens (including phenoxy) is 1. The van der Waals surface area contributed by atoms with Gasteiger partial charge in [0.15, 0.2) is 0 Å². The van der Waals surface area contributed by atoms with Gasteiger partial charge in [-0.1, -0.05) is 0 Å². The molecule has 1 aromatic rings. The fourth-order valence-corrected chi connectivity index (χ4v) is 2.07. The highest BCUT2D eigenvalue weighted by Crippen LogP contribution is 2.18. The molecule has 0 aromatic carbocycles. The zero-order valence-electron chi connectivity index (χ0n) is 9.36. The van der Waals surface area contributed by atoms with Gasteiger partial charge < -0.3 is 15.4 Å². The van der Waals surface area contributed by atoms with E-state index < -0.39 is 0 Å². The number of nitrogens with two attached hydrogens (primary N) is 1. The molecule has 5 nitrogen and oxygen atoms in total. The number of amides is 1. The molecule has 2 rings (SSSR count). The number of nitrogen functional groups attached to an aromatic ring is 1. The Morgan fingerprint density at radius 1 is 1.47 bits per heavy atom. The third-order valence-electron chi connectivity index (χ3n) is 2.63. The highest BCUT2D eigenvalue weighted by molar-refractivity contribution is 9.10. The van der Waals surface area contributed by atoms with Crippen LogP contribution in [0.2, 0.25) is 0 Å². The third-order valence-corrected chi connectivity index (χ3v) is 3.06. The van der Waals surface area contributed by atoms with E-state index in [4.69, 9.17) is 10.5 Å². The van der Waals surface area contributed by atoms with Crippen LogP contribution in [-0.2, 0) is 4.74 Å². The summed E-state index contributed by atoms with van der Waals surface area (Å²) in [4.78, 5) is 18.0. The van der Waals surface area contributed by atoms with Crippen LogP contribution in [0.4, 0.5) is 5.82 Å². The van der Waals surface area contributed by atoms with Gasteiger partial charge in [0.2, 0.25) is 0 Å². The molecule has 17 heavy (non-hydrogen) atoms. The average molecular weight is 300 g/mol. The minimum Gasteiger partial charge on any atom is -0.383 e. The van der Waals surface area contributed by atoms with E-state index in [1.54, 1.807) is 17.2 Å². The number of carbonyl (C=O) groups is 1. The largest absolute Gasteiger partial charge is 0.383 e. The van der Waals surface area contributed by atoms with Crippen molar-refractivity contribution in [1.82, 2.24) is 9.88 Å². The highest BCUT2D eigenvalue weighted by atomic mass is 79.9. The quantitative estimate of drug-likeness (QED) is 0.848. The van der Waals surface area contributed by atoms with Crippen molar-refractivity contribution in [2.24, 2.45) is 0 Å². The van der Waals surface area contributed by atoms with E-state index in [0.29, 0.717) is 31.9 Å². The van der Waals surface area contributed by atoms with Gasteiger partial charge >= 0.3 is 0 Å². The maximum absolute atomic E-state index is 12.3. The lowest BCUT2D eigenvalue weighted by molar-refractivity contribution is 0.0742. The van der Waals surface area contributed by atoms with Crippen molar-refractivity contribution < 1.29 is 9.53 Å². The fraction of sp³-hybridized carbons (Fsp3) is 0.455. The molecule has 1 amide bonds. The molecular formula is C11H14BrN3O2. The molecule has 0 aliphatic carbocycles. The number of hydrogen-bond acceptors (Lipinski definition) is 4. The first-order chi connectivity index (χ1) is 8.18. The second-order valence-corrected chi connectivity index (χ2v) is 4.76. The van der Waals surface area contributed by atoms with Crippen molar-refractivity contribution in [2.75, 3.05) is 32.0 Å². The van der Waals surface area contributed by atoms with Crippen molar-refractivity contribution in [2.45, 2.75) is 6.42 Å². The summed E-state index contributed by atoms with van der Waals surface area (Å²) in [5.74, 6) is 0.185. The van der Waals surface area contributed by atoms with Crippen molar-refractivity contribution in [1.29, 1.82) is 0 Å². The van der Waals surface area contributed by atoms with Crippen molar-refractivity contribution in [3.05, 3.63) is 22.3 Å². The molecule has 0 saturated carbocycles. The smallest absolute Gasteiger partial charge is 0.257 e. The Morgan fingerprint density at radius 2 is 2.29 bits per heavy atom. The Labute approximate surface area is 108 Å². The van der Waals surface area contributed by atoms with Gasteiger partial charge in [-0.15, -0.1) is 0 Å². The van der Waals surface area contributed by atoms with E-state index in [2.05, 4.69) is 20.9 Å². The molecule has 1 aliphatic heterocycles. The van der Waals surface area contributed by atoms with Gasteiger partial charge in [-0.25, -0.2) is 4.98 Å². The standard InChI is InChI=1S/C11H14BrN3O2/c12-8-6-9(10(13)14-7-8)11(16)15-2-1-4-17-5-3-15/h6-7H,1-5H2,(H2,13,14). The highest BCUT2D eigenvalue weighted by Gasteiger charge is 2.20. The molecule has 1 saturated heterocycles. The van der Waals surface area contributed by atoms with E-state index in [0.717, 1.165) is 10.9 Å². The summed E-state index contributed by atoms with van der Waals surface area (Å²) < 4.78 is 6.07. The summed E-state index contributed by atoms with van der Waals surface area (Å²) in [5, 5.41) is 0. The Morgan fingerprint density at radius 3 is 3.12 bits per heavy atom. The van der Waals surface area contributed by atoms with Crippen molar-refractivity contribution >= 4 is 27.7 Å². The van der Waals surface area contributed by atoms with E-state index in [-0.39, 0.29) is 11.7 Å². The molecule has 0 unspecified atom stereocenters. The van der Waals surface area contributed by atoms with Gasteiger partial charge in [-0.05, 0) is 28.4 Å². The molecule has 0 bridgehead atoms. The third kappa shape index (κ3) is 2.95. The molecule has 92 valence electrons. The summed E-state index contributed by atoms with van der Waals surface area (Å²) in [5.41, 5.74) is 6.17. The van der Waals surface area contributed by atoms with Crippen LogP contribution < -0.4 is 5.73 Å². The van der Waals surface area contributed by atoms with E-state index in [1.807, 2.05) is 0 Å². The summed E-state index contributed by atoms with van der Waals surface area (Å²) in [6, 6.07) is 1.70. The number of aromatic nitrogens is 1. The Hall–Kier alpha value is -1.14. The number of halogens is 1. The maximum Gasteiger partial charge on any atom is 0.257 e. The monoisotopic (exact) mass is 299 g/mol. The number of rotatable bonds is 1. The van der Waals surface area contributed by atoms with Gasteiger partial charge in [-0.3, -0.25) is 4.79 Å². The molecule has 1 fully saturated rings. The maximum atomic E-state index is 12.3. The van der Waals surface area contributed by atoms with Crippen LogP contribution >= 0.6 is 15.9 Å². The van der Waals surface area contributed by atoms with Gasteiger partial charge in [0.1, 0.15) is 5.82 Å². The fourth-order valence-electron chi connectivity index (χ4n) is 1.74. The molecule has 0 spiro atoms. The van der Waals surface area contributed by atoms with Crippen LogP contribution in [0.1, 0.15) is 16.8 Å². The minimum atomic E-state index is -0.0817. The topological polar surface area (TPSA) is 68.5 Å². The van der Waals surface area contributed by atoms with Crippen LogP contribution in [-0.4, -0.2) is 42.1 Å². The molecule has 2 N–H and O–H groups in total. The van der Waals surface area contributed by atoms with Gasteiger partial charge in [0.25, 0.3) is 5.91 Å². The van der Waals surface area contributed by atoms with Crippen molar-refractivity contribution in [3.8, 4) is 0 Å². The van der Waals surface area contributed by atoms with Gasteiger partial charge in [0.05, 0.1) is 12.2 Å². The first-order valence-electron chi connectivity index (χ1n) is 5.46. The number of pyridine rings is 1. The Balaban J connectivity index is 2.20. The van der Waals surface area contributed by atoms with E-state index in [9.17, 15) is 4.79 Å². The second kappa shape index (κ2) is 5.46. The number of carbonyl (C=O) groups excluding carboxylic acids is 1. The van der Waals surface area contributed by atoms with Gasteiger partial charge in [0, 0.05) is 30.4 Å². The summed E-state index contributed by atoms with van der Waals surface area (Å²) in [7, 11) is 0. The number of nitrogens with zero attached hydrogens (tertiary/aromatic N) is 2. The molecule has 1 aliphatic rings. The lowest BCUT2D eigenvalue weighted by Gasteiger charge is -2.20. The predicted molar refractivity (Wildman–Crippen MR) is 67.7 cm³/mol. The van der Waals surface area contributed by atoms with Crippen LogP contribution in [0.25, 0.3) is 0 Å². The lowest BCUT2D eigenvalue weighted by Crippen LogP contribution is -2.33. The summed E-state index contributed by atoms with van der Waals surface area (Å²) in [6.45, 7) is 2.58. The summed E-state index contributed by atoms with van der Waals surface area (Å²) >= 11 is 3.29. The van der Waals surface area contributed by atoms with E-state index in [1.165, 1.54) is 0 Å². The second-order valence-electron chi connectivity index (χ2n) is 3.84. The van der Waals surface area contributed by atoms with Crippen LogP contribution in [0.3, 0.4) is 0 Å². The average Bonchev–Trinajstić information content (AvgIpc) is 2.60. The molecular weight excluding hydrogens is 286 g/mol. The SMILES string of the molecule is Nc1ncc(Br)cc1C(=O)N1CCCOCC1. The zero-order valence-corrected chi connectivity index (χ0v) is 10.9. The molecule has 0 atom stereocenters. The normalized spacial score (nSPS) is 16.6. The van der Waals surface area contributed by atoms with E-state index >= 15 is 0 Å². The number of anilines is 1. The van der Waals surface area contributed by atoms with Crippen molar-refractivity contribution in [3.63, 3.8) is 0 Å². The molecule has 0 radical (unpaired) electrons. The van der Waals surface area contributed by atoms with Crippen LogP contribution in [0, 0.1) is 0 Å². The van der Waals surface area contributed by atoms with Crippen LogP contribution in [0.5, 0.6) is 0 Å². The first kappa shape index (κ1) is 12.3. The molecule has 6 heteroatoms. The number of hydrogen-bond donors (Lipinski definition) is 1. The zero-order chi connectivity index (χ0) is 12.3. The minimum absolute atomic E-state index is 0.0817. The lowest BCUT2D eigenvalue weighted by atomic mass is 10.2. The molecule has 1 aromatic heterocycles. The Bertz CT molecular complexity index is 417. The van der Waals surface area contributed by atoms with Gasteiger partial charge in [-0.2, -0.15) is 0 Å². The molecule has 2 heterocycles. The Kier molecular flexibility index (Phi) is 3.96.